The van der Waals surface area contributed by atoms with Crippen molar-refractivity contribution in [1.29, 1.82) is 0 Å². The van der Waals surface area contributed by atoms with Crippen molar-refractivity contribution in [2.24, 2.45) is 5.73 Å². The van der Waals surface area contributed by atoms with E-state index >= 15 is 0 Å². The topological polar surface area (TPSA) is 90.4 Å². The van der Waals surface area contributed by atoms with Crippen LogP contribution in [-0.2, 0) is 0 Å². The van der Waals surface area contributed by atoms with E-state index in [1.165, 1.54) is 12.5 Å². The minimum Gasteiger partial charge on any atom is -0.487 e. The molecule has 1 saturated carbocycles. The SMILES string of the molecule is CCOc1cc(NCC2(N)CCC2)ccc1[N+](=O)[O-]. The summed E-state index contributed by atoms with van der Waals surface area (Å²) in [7, 11) is 0. The van der Waals surface area contributed by atoms with Crippen LogP contribution in [0.3, 0.4) is 0 Å². The highest BCUT2D eigenvalue weighted by Crippen LogP contribution is 2.32. The fraction of sp³-hybridized carbons (Fsp3) is 0.538. The number of hydrogen-bond donors (Lipinski definition) is 2. The molecule has 0 atom stereocenters. The summed E-state index contributed by atoms with van der Waals surface area (Å²) in [6, 6.07) is 4.80. The zero-order chi connectivity index (χ0) is 13.9. The number of nitrogens with one attached hydrogen (secondary N) is 1. The minimum absolute atomic E-state index is 0.0153. The van der Waals surface area contributed by atoms with E-state index in [9.17, 15) is 10.1 Å². The van der Waals surface area contributed by atoms with Gasteiger partial charge in [-0.25, -0.2) is 0 Å². The second-order valence-electron chi connectivity index (χ2n) is 4.94. The number of hydrogen-bond acceptors (Lipinski definition) is 5. The van der Waals surface area contributed by atoms with Crippen LogP contribution < -0.4 is 15.8 Å². The number of ether oxygens (including phenoxy) is 1. The zero-order valence-electron chi connectivity index (χ0n) is 11.0. The fourth-order valence-electron chi connectivity index (χ4n) is 2.13. The van der Waals surface area contributed by atoms with Gasteiger partial charge in [-0.05, 0) is 32.3 Å². The Hall–Kier alpha value is -1.82. The first-order chi connectivity index (χ1) is 9.04. The molecule has 1 fully saturated rings. The van der Waals surface area contributed by atoms with Gasteiger partial charge in [-0.3, -0.25) is 10.1 Å². The Bertz CT molecular complexity index is 472. The largest absolute Gasteiger partial charge is 0.487 e. The van der Waals surface area contributed by atoms with Crippen molar-refractivity contribution in [3.8, 4) is 5.75 Å². The van der Waals surface area contributed by atoms with Crippen LogP contribution in [0.25, 0.3) is 0 Å². The Labute approximate surface area is 112 Å². The van der Waals surface area contributed by atoms with E-state index in [-0.39, 0.29) is 17.0 Å². The highest BCUT2D eigenvalue weighted by Gasteiger charge is 2.32. The molecule has 1 aromatic carbocycles. The molecule has 6 nitrogen and oxygen atoms in total. The van der Waals surface area contributed by atoms with Crippen molar-refractivity contribution in [2.75, 3.05) is 18.5 Å². The fourth-order valence-corrected chi connectivity index (χ4v) is 2.13. The van der Waals surface area contributed by atoms with Gasteiger partial charge in [0.1, 0.15) is 0 Å². The van der Waals surface area contributed by atoms with Crippen LogP contribution in [0.1, 0.15) is 26.2 Å². The third-order valence-corrected chi connectivity index (χ3v) is 3.45. The quantitative estimate of drug-likeness (QED) is 0.608. The molecule has 0 spiro atoms. The third kappa shape index (κ3) is 3.14. The maximum atomic E-state index is 10.9. The first-order valence-electron chi connectivity index (χ1n) is 6.48. The lowest BCUT2D eigenvalue weighted by Crippen LogP contribution is -2.51. The summed E-state index contributed by atoms with van der Waals surface area (Å²) < 4.78 is 5.30. The first-order valence-corrected chi connectivity index (χ1v) is 6.48. The van der Waals surface area contributed by atoms with Crippen LogP contribution in [-0.4, -0.2) is 23.6 Å². The number of benzene rings is 1. The van der Waals surface area contributed by atoms with Gasteiger partial charge in [-0.15, -0.1) is 0 Å². The van der Waals surface area contributed by atoms with E-state index in [1.54, 1.807) is 19.1 Å². The second-order valence-corrected chi connectivity index (χ2v) is 4.94. The number of rotatable bonds is 6. The molecule has 0 heterocycles. The van der Waals surface area contributed by atoms with Crippen molar-refractivity contribution >= 4 is 11.4 Å². The molecule has 3 N–H and O–H groups in total. The van der Waals surface area contributed by atoms with Crippen LogP contribution >= 0.6 is 0 Å². The molecular formula is C13H19N3O3. The molecule has 1 aliphatic carbocycles. The van der Waals surface area contributed by atoms with Gasteiger partial charge in [0.15, 0.2) is 5.75 Å². The highest BCUT2D eigenvalue weighted by atomic mass is 16.6. The smallest absolute Gasteiger partial charge is 0.311 e. The number of nitro groups is 1. The molecule has 19 heavy (non-hydrogen) atoms. The maximum absolute atomic E-state index is 10.9. The van der Waals surface area contributed by atoms with Gasteiger partial charge < -0.3 is 15.8 Å². The molecule has 0 aromatic heterocycles. The van der Waals surface area contributed by atoms with E-state index in [2.05, 4.69) is 5.32 Å². The van der Waals surface area contributed by atoms with Gasteiger partial charge in [0, 0.05) is 29.9 Å². The molecule has 6 heteroatoms. The van der Waals surface area contributed by atoms with Crippen LogP contribution in [0.5, 0.6) is 5.75 Å². The maximum Gasteiger partial charge on any atom is 0.311 e. The molecule has 2 rings (SSSR count). The zero-order valence-corrected chi connectivity index (χ0v) is 11.0. The Morgan fingerprint density at radius 3 is 2.79 bits per heavy atom. The molecule has 1 aromatic rings. The number of nitrogens with two attached hydrogens (primary N) is 1. The first kappa shape index (κ1) is 13.6. The predicted molar refractivity (Wildman–Crippen MR) is 73.5 cm³/mol. The standard InChI is InChI=1S/C13H19N3O3/c1-2-19-12-8-10(4-5-11(12)16(17)18)15-9-13(14)6-3-7-13/h4-5,8,15H,2-3,6-7,9,14H2,1H3. The van der Waals surface area contributed by atoms with E-state index in [1.807, 2.05) is 0 Å². The third-order valence-electron chi connectivity index (χ3n) is 3.45. The molecule has 0 unspecified atom stereocenters. The molecular weight excluding hydrogens is 246 g/mol. The number of nitro benzene ring substituents is 1. The summed E-state index contributed by atoms with van der Waals surface area (Å²) in [5.74, 6) is 0.289. The molecule has 0 radical (unpaired) electrons. The number of nitrogens with zero attached hydrogens (tertiary/aromatic N) is 1. The normalized spacial score (nSPS) is 16.5. The van der Waals surface area contributed by atoms with E-state index in [0.717, 1.165) is 18.5 Å². The van der Waals surface area contributed by atoms with Gasteiger partial charge in [-0.2, -0.15) is 0 Å². The molecule has 0 saturated heterocycles. The Morgan fingerprint density at radius 2 is 2.26 bits per heavy atom. The van der Waals surface area contributed by atoms with Gasteiger partial charge in [0.2, 0.25) is 0 Å². The van der Waals surface area contributed by atoms with Crippen molar-refractivity contribution in [2.45, 2.75) is 31.7 Å². The van der Waals surface area contributed by atoms with Gasteiger partial charge in [0.25, 0.3) is 0 Å². The second kappa shape index (κ2) is 5.44. The minimum atomic E-state index is -0.439. The molecule has 0 bridgehead atoms. The Balaban J connectivity index is 2.08. The molecule has 104 valence electrons. The van der Waals surface area contributed by atoms with Gasteiger partial charge in [0.05, 0.1) is 11.5 Å². The van der Waals surface area contributed by atoms with E-state index < -0.39 is 4.92 Å². The lowest BCUT2D eigenvalue weighted by Gasteiger charge is -2.38. The van der Waals surface area contributed by atoms with Gasteiger partial charge in [-0.1, -0.05) is 0 Å². The monoisotopic (exact) mass is 265 g/mol. The summed E-state index contributed by atoms with van der Waals surface area (Å²) >= 11 is 0. The van der Waals surface area contributed by atoms with E-state index in [4.69, 9.17) is 10.5 Å². The van der Waals surface area contributed by atoms with Crippen LogP contribution in [0, 0.1) is 10.1 Å². The molecule has 0 amide bonds. The average molecular weight is 265 g/mol. The van der Waals surface area contributed by atoms with Gasteiger partial charge >= 0.3 is 5.69 Å². The van der Waals surface area contributed by atoms with Crippen LogP contribution in [0.4, 0.5) is 11.4 Å². The number of anilines is 1. The average Bonchev–Trinajstić information content (AvgIpc) is 2.34. The van der Waals surface area contributed by atoms with Crippen molar-refractivity contribution in [1.82, 2.24) is 0 Å². The lowest BCUT2D eigenvalue weighted by molar-refractivity contribution is -0.385. The summed E-state index contributed by atoms with van der Waals surface area (Å²) in [6.45, 7) is 2.87. The summed E-state index contributed by atoms with van der Waals surface area (Å²) in [4.78, 5) is 10.4. The summed E-state index contributed by atoms with van der Waals surface area (Å²) in [5, 5.41) is 14.1. The summed E-state index contributed by atoms with van der Waals surface area (Å²) in [6.07, 6.45) is 3.21. The summed E-state index contributed by atoms with van der Waals surface area (Å²) in [5.41, 5.74) is 6.77. The van der Waals surface area contributed by atoms with Crippen LogP contribution in [0.15, 0.2) is 18.2 Å². The molecule has 0 aliphatic heterocycles. The predicted octanol–water partition coefficient (Wildman–Crippen LogP) is 2.29. The highest BCUT2D eigenvalue weighted by molar-refractivity contribution is 5.58. The lowest BCUT2D eigenvalue weighted by atomic mass is 9.78. The van der Waals surface area contributed by atoms with Crippen molar-refractivity contribution < 1.29 is 9.66 Å². The Morgan fingerprint density at radius 1 is 1.53 bits per heavy atom. The van der Waals surface area contributed by atoms with Crippen LogP contribution in [0.2, 0.25) is 0 Å². The van der Waals surface area contributed by atoms with E-state index in [0.29, 0.717) is 13.2 Å². The Kier molecular flexibility index (Phi) is 3.90. The van der Waals surface area contributed by atoms with Crippen molar-refractivity contribution in [3.05, 3.63) is 28.3 Å². The van der Waals surface area contributed by atoms with Crippen molar-refractivity contribution in [3.63, 3.8) is 0 Å². The molecule has 1 aliphatic rings.